The standard InChI is InChI=1S/C16H16N2O3S2/c1-11(2)23(20,21)14-5-3-12(4-6-14)9-15(19)18-16-13(10-17)7-8-22-16/h3-8,11H,9H2,1-2H3,(H,18,19). The van der Waals surface area contributed by atoms with Crippen LogP contribution in [0, 0.1) is 11.3 Å². The quantitative estimate of drug-likeness (QED) is 0.900. The van der Waals surface area contributed by atoms with Crippen molar-refractivity contribution in [3.8, 4) is 6.07 Å². The monoisotopic (exact) mass is 348 g/mol. The molecule has 0 fully saturated rings. The van der Waals surface area contributed by atoms with E-state index in [1.54, 1.807) is 37.4 Å². The van der Waals surface area contributed by atoms with E-state index in [0.717, 1.165) is 0 Å². The highest BCUT2D eigenvalue weighted by atomic mass is 32.2. The number of carbonyl (C=O) groups excluding carboxylic acids is 1. The number of thiophene rings is 1. The molecule has 1 aromatic heterocycles. The van der Waals surface area contributed by atoms with E-state index >= 15 is 0 Å². The predicted octanol–water partition coefficient (Wildman–Crippen LogP) is 2.98. The molecule has 7 heteroatoms. The first-order chi connectivity index (χ1) is 10.8. The number of benzene rings is 1. The van der Waals surface area contributed by atoms with Crippen molar-refractivity contribution in [3.05, 3.63) is 46.8 Å². The van der Waals surface area contributed by atoms with Crippen LogP contribution < -0.4 is 5.32 Å². The van der Waals surface area contributed by atoms with Crippen molar-refractivity contribution in [2.24, 2.45) is 0 Å². The molecule has 5 nitrogen and oxygen atoms in total. The van der Waals surface area contributed by atoms with Gasteiger partial charge in [-0.1, -0.05) is 12.1 Å². The molecule has 0 saturated carbocycles. The summed E-state index contributed by atoms with van der Waals surface area (Å²) in [5.74, 6) is -0.247. The Morgan fingerprint density at radius 3 is 2.48 bits per heavy atom. The molecule has 2 rings (SSSR count). The molecule has 120 valence electrons. The Morgan fingerprint density at radius 1 is 1.26 bits per heavy atom. The van der Waals surface area contributed by atoms with E-state index in [-0.39, 0.29) is 17.2 Å². The molecule has 0 atom stereocenters. The summed E-state index contributed by atoms with van der Waals surface area (Å²) in [4.78, 5) is 12.3. The van der Waals surface area contributed by atoms with Crippen molar-refractivity contribution in [2.45, 2.75) is 30.4 Å². The average Bonchev–Trinajstić information content (AvgIpc) is 2.94. The highest BCUT2D eigenvalue weighted by Crippen LogP contribution is 2.22. The Morgan fingerprint density at radius 2 is 1.91 bits per heavy atom. The summed E-state index contributed by atoms with van der Waals surface area (Å²) in [7, 11) is -3.31. The fourth-order valence-corrected chi connectivity index (χ4v) is 3.73. The van der Waals surface area contributed by atoms with E-state index in [1.165, 1.54) is 23.5 Å². The summed E-state index contributed by atoms with van der Waals surface area (Å²) in [6.45, 7) is 3.26. The third kappa shape index (κ3) is 3.97. The maximum Gasteiger partial charge on any atom is 0.229 e. The van der Waals surface area contributed by atoms with Crippen LogP contribution in [0.2, 0.25) is 0 Å². The lowest BCUT2D eigenvalue weighted by molar-refractivity contribution is -0.115. The Labute approximate surface area is 139 Å². The highest BCUT2D eigenvalue weighted by Gasteiger charge is 2.19. The van der Waals surface area contributed by atoms with Gasteiger partial charge in [-0.05, 0) is 43.0 Å². The lowest BCUT2D eigenvalue weighted by Crippen LogP contribution is -2.15. The van der Waals surface area contributed by atoms with Gasteiger partial charge >= 0.3 is 0 Å². The summed E-state index contributed by atoms with van der Waals surface area (Å²) in [6.07, 6.45) is 0.116. The van der Waals surface area contributed by atoms with Crippen LogP contribution in [-0.4, -0.2) is 19.6 Å². The van der Waals surface area contributed by atoms with Gasteiger partial charge in [0.25, 0.3) is 0 Å². The Balaban J connectivity index is 2.07. The van der Waals surface area contributed by atoms with Crippen molar-refractivity contribution >= 4 is 32.1 Å². The lowest BCUT2D eigenvalue weighted by atomic mass is 10.1. The number of rotatable bonds is 5. The SMILES string of the molecule is CC(C)S(=O)(=O)c1ccc(CC(=O)Nc2sccc2C#N)cc1. The second-order valence-electron chi connectivity index (χ2n) is 5.24. The molecule has 23 heavy (non-hydrogen) atoms. The number of hydrogen-bond donors (Lipinski definition) is 1. The van der Waals surface area contributed by atoms with Gasteiger partial charge in [0, 0.05) is 0 Å². The molecular weight excluding hydrogens is 332 g/mol. The number of sulfone groups is 1. The van der Waals surface area contributed by atoms with Crippen LogP contribution in [0.15, 0.2) is 40.6 Å². The molecule has 0 bridgehead atoms. The van der Waals surface area contributed by atoms with E-state index < -0.39 is 15.1 Å². The van der Waals surface area contributed by atoms with Crippen LogP contribution in [0.5, 0.6) is 0 Å². The van der Waals surface area contributed by atoms with E-state index in [1.807, 2.05) is 6.07 Å². The lowest BCUT2D eigenvalue weighted by Gasteiger charge is -2.08. The second-order valence-corrected chi connectivity index (χ2v) is 8.66. The van der Waals surface area contributed by atoms with Gasteiger partial charge in [-0.2, -0.15) is 5.26 Å². The fourth-order valence-electron chi connectivity index (χ4n) is 1.92. The largest absolute Gasteiger partial charge is 0.316 e. The molecule has 0 unspecified atom stereocenters. The van der Waals surface area contributed by atoms with Gasteiger partial charge in [-0.15, -0.1) is 11.3 Å². The van der Waals surface area contributed by atoms with Crippen LogP contribution in [0.1, 0.15) is 25.0 Å². The zero-order valence-corrected chi connectivity index (χ0v) is 14.4. The summed E-state index contributed by atoms with van der Waals surface area (Å²) >= 11 is 1.29. The van der Waals surface area contributed by atoms with Gasteiger partial charge in [0.05, 0.1) is 22.1 Å². The minimum atomic E-state index is -3.31. The van der Waals surface area contributed by atoms with Crippen molar-refractivity contribution in [2.75, 3.05) is 5.32 Å². The summed E-state index contributed by atoms with van der Waals surface area (Å²) < 4.78 is 24.1. The zero-order valence-electron chi connectivity index (χ0n) is 12.7. The smallest absolute Gasteiger partial charge is 0.229 e. The van der Waals surface area contributed by atoms with E-state index in [2.05, 4.69) is 5.32 Å². The van der Waals surface area contributed by atoms with Crippen molar-refractivity contribution in [1.29, 1.82) is 5.26 Å². The summed E-state index contributed by atoms with van der Waals surface area (Å²) in [5, 5.41) is 13.4. The van der Waals surface area contributed by atoms with Crippen LogP contribution in [0.3, 0.4) is 0 Å². The molecule has 1 heterocycles. The van der Waals surface area contributed by atoms with Crippen LogP contribution >= 0.6 is 11.3 Å². The minimum absolute atomic E-state index is 0.116. The molecule has 0 aliphatic rings. The number of hydrogen-bond acceptors (Lipinski definition) is 5. The van der Waals surface area contributed by atoms with E-state index in [9.17, 15) is 13.2 Å². The molecule has 0 saturated heterocycles. The van der Waals surface area contributed by atoms with E-state index in [0.29, 0.717) is 16.1 Å². The Kier molecular flexibility index (Phi) is 5.19. The predicted molar refractivity (Wildman–Crippen MR) is 90.1 cm³/mol. The van der Waals surface area contributed by atoms with Crippen molar-refractivity contribution in [3.63, 3.8) is 0 Å². The number of carbonyl (C=O) groups is 1. The third-order valence-electron chi connectivity index (χ3n) is 3.28. The molecule has 1 aromatic carbocycles. The molecule has 0 aliphatic carbocycles. The van der Waals surface area contributed by atoms with E-state index in [4.69, 9.17) is 5.26 Å². The normalized spacial score (nSPS) is 11.2. The zero-order chi connectivity index (χ0) is 17.0. The number of anilines is 1. The van der Waals surface area contributed by atoms with Crippen molar-refractivity contribution < 1.29 is 13.2 Å². The number of nitrogens with zero attached hydrogens (tertiary/aromatic N) is 1. The first-order valence-corrected chi connectivity index (χ1v) is 9.37. The molecule has 0 radical (unpaired) electrons. The summed E-state index contributed by atoms with van der Waals surface area (Å²) in [5.41, 5.74) is 1.14. The maximum atomic E-state index is 12.0. The van der Waals surface area contributed by atoms with Gasteiger partial charge < -0.3 is 5.32 Å². The number of amides is 1. The Bertz CT molecular complexity index is 844. The second kappa shape index (κ2) is 6.94. The van der Waals surface area contributed by atoms with Gasteiger partial charge in [0.15, 0.2) is 9.84 Å². The number of nitrogens with one attached hydrogen (secondary N) is 1. The minimum Gasteiger partial charge on any atom is -0.316 e. The average molecular weight is 348 g/mol. The molecule has 0 spiro atoms. The third-order valence-corrected chi connectivity index (χ3v) is 6.28. The molecule has 0 aliphatic heterocycles. The van der Waals surface area contributed by atoms with Crippen molar-refractivity contribution in [1.82, 2.24) is 0 Å². The Hall–Kier alpha value is -2.17. The van der Waals surface area contributed by atoms with Crippen LogP contribution in [0.4, 0.5) is 5.00 Å². The topological polar surface area (TPSA) is 87.0 Å². The van der Waals surface area contributed by atoms with Gasteiger partial charge in [-0.3, -0.25) is 4.79 Å². The highest BCUT2D eigenvalue weighted by molar-refractivity contribution is 7.92. The van der Waals surface area contributed by atoms with Gasteiger partial charge in [0.2, 0.25) is 5.91 Å². The van der Waals surface area contributed by atoms with Crippen LogP contribution in [-0.2, 0) is 21.1 Å². The fraction of sp³-hybridized carbons (Fsp3) is 0.250. The maximum absolute atomic E-state index is 12.0. The number of nitriles is 1. The molecular formula is C16H16N2O3S2. The van der Waals surface area contributed by atoms with Gasteiger partial charge in [-0.25, -0.2) is 8.42 Å². The first kappa shape index (κ1) is 17.2. The summed E-state index contributed by atoms with van der Waals surface area (Å²) in [6, 6.07) is 9.96. The first-order valence-electron chi connectivity index (χ1n) is 6.95. The van der Waals surface area contributed by atoms with Crippen LogP contribution in [0.25, 0.3) is 0 Å². The molecule has 1 amide bonds. The molecule has 2 aromatic rings. The van der Waals surface area contributed by atoms with Gasteiger partial charge in [0.1, 0.15) is 11.1 Å². The molecule has 1 N–H and O–H groups in total.